The third-order valence-electron chi connectivity index (χ3n) is 2.53. The molecule has 1 aromatic carbocycles. The van der Waals surface area contributed by atoms with Gasteiger partial charge in [0.15, 0.2) is 5.78 Å². The standard InChI is InChI=1S/C15H14O2S/c1-11-7-8-12(18-11)9-10-14(16)13-5-3-4-6-15(13)17-2/h3-10H,1-2H3/b10-9+. The number of ketones is 1. The van der Waals surface area contributed by atoms with Crippen molar-refractivity contribution >= 4 is 23.2 Å². The average molecular weight is 258 g/mol. The average Bonchev–Trinajstić information content (AvgIpc) is 2.81. The first kappa shape index (κ1) is 12.6. The molecule has 0 radical (unpaired) electrons. The van der Waals surface area contributed by atoms with E-state index in [0.29, 0.717) is 11.3 Å². The minimum Gasteiger partial charge on any atom is -0.496 e. The predicted molar refractivity (Wildman–Crippen MR) is 75.4 cm³/mol. The Bertz CT molecular complexity index is 582. The number of aryl methyl sites for hydroxylation is 1. The van der Waals surface area contributed by atoms with Crippen molar-refractivity contribution in [3.63, 3.8) is 0 Å². The Morgan fingerprint density at radius 3 is 2.67 bits per heavy atom. The van der Waals surface area contributed by atoms with Gasteiger partial charge in [-0.25, -0.2) is 0 Å². The van der Waals surface area contributed by atoms with Crippen LogP contribution in [0.2, 0.25) is 0 Å². The van der Waals surface area contributed by atoms with Crippen LogP contribution in [0, 0.1) is 6.92 Å². The van der Waals surface area contributed by atoms with Crippen molar-refractivity contribution in [1.29, 1.82) is 0 Å². The first-order chi connectivity index (χ1) is 8.70. The largest absolute Gasteiger partial charge is 0.496 e. The molecule has 3 heteroatoms. The molecule has 2 rings (SSSR count). The van der Waals surface area contributed by atoms with Crippen molar-refractivity contribution in [3.05, 3.63) is 57.8 Å². The fraction of sp³-hybridized carbons (Fsp3) is 0.133. The van der Waals surface area contributed by atoms with Gasteiger partial charge in [0, 0.05) is 9.75 Å². The summed E-state index contributed by atoms with van der Waals surface area (Å²) in [5, 5.41) is 0. The molecule has 1 aromatic heterocycles. The van der Waals surface area contributed by atoms with E-state index in [0.717, 1.165) is 4.88 Å². The van der Waals surface area contributed by atoms with Gasteiger partial charge in [-0.1, -0.05) is 12.1 Å². The van der Waals surface area contributed by atoms with E-state index in [1.807, 2.05) is 37.3 Å². The summed E-state index contributed by atoms with van der Waals surface area (Å²) in [7, 11) is 1.57. The predicted octanol–water partition coefficient (Wildman–Crippen LogP) is 3.96. The molecule has 0 atom stereocenters. The summed E-state index contributed by atoms with van der Waals surface area (Å²) >= 11 is 1.66. The molecular formula is C15H14O2S. The third-order valence-corrected chi connectivity index (χ3v) is 3.50. The Kier molecular flexibility index (Phi) is 3.95. The molecule has 0 fully saturated rings. The number of carbonyl (C=O) groups is 1. The zero-order chi connectivity index (χ0) is 13.0. The number of carbonyl (C=O) groups excluding carboxylic acids is 1. The van der Waals surface area contributed by atoms with E-state index < -0.39 is 0 Å². The number of hydrogen-bond acceptors (Lipinski definition) is 3. The number of para-hydroxylation sites is 1. The van der Waals surface area contributed by atoms with E-state index in [2.05, 4.69) is 0 Å². The number of hydrogen-bond donors (Lipinski definition) is 0. The van der Waals surface area contributed by atoms with E-state index in [4.69, 9.17) is 4.74 Å². The maximum Gasteiger partial charge on any atom is 0.189 e. The molecule has 18 heavy (non-hydrogen) atoms. The minimum atomic E-state index is -0.0431. The van der Waals surface area contributed by atoms with Gasteiger partial charge in [-0.2, -0.15) is 0 Å². The lowest BCUT2D eigenvalue weighted by molar-refractivity contribution is 0.104. The molecular weight excluding hydrogens is 244 g/mol. The number of ether oxygens (including phenoxy) is 1. The molecule has 0 spiro atoms. The molecule has 1 heterocycles. The van der Waals surface area contributed by atoms with Gasteiger partial charge in [0.25, 0.3) is 0 Å². The lowest BCUT2D eigenvalue weighted by Crippen LogP contribution is -1.98. The topological polar surface area (TPSA) is 26.3 Å². The Balaban J connectivity index is 2.19. The van der Waals surface area contributed by atoms with Gasteiger partial charge in [0.2, 0.25) is 0 Å². The van der Waals surface area contributed by atoms with E-state index in [1.54, 1.807) is 36.7 Å². The second-order valence-corrected chi connectivity index (χ2v) is 5.17. The molecule has 92 valence electrons. The first-order valence-electron chi connectivity index (χ1n) is 5.62. The lowest BCUT2D eigenvalue weighted by atomic mass is 10.1. The van der Waals surface area contributed by atoms with Crippen LogP contribution in [0.15, 0.2) is 42.5 Å². The van der Waals surface area contributed by atoms with E-state index in [1.165, 1.54) is 4.88 Å². The molecule has 0 amide bonds. The Morgan fingerprint density at radius 1 is 1.22 bits per heavy atom. The van der Waals surface area contributed by atoms with Crippen molar-refractivity contribution in [2.45, 2.75) is 6.92 Å². The van der Waals surface area contributed by atoms with Crippen LogP contribution in [-0.4, -0.2) is 12.9 Å². The molecule has 0 unspecified atom stereocenters. The summed E-state index contributed by atoms with van der Waals surface area (Å²) in [5.74, 6) is 0.563. The van der Waals surface area contributed by atoms with Crippen molar-refractivity contribution in [3.8, 4) is 5.75 Å². The first-order valence-corrected chi connectivity index (χ1v) is 6.44. The van der Waals surface area contributed by atoms with Crippen LogP contribution in [0.25, 0.3) is 6.08 Å². The van der Waals surface area contributed by atoms with Crippen molar-refractivity contribution in [2.24, 2.45) is 0 Å². The van der Waals surface area contributed by atoms with E-state index in [9.17, 15) is 4.79 Å². The van der Waals surface area contributed by atoms with Gasteiger partial charge in [0.05, 0.1) is 12.7 Å². The van der Waals surface area contributed by atoms with Crippen LogP contribution in [0.5, 0.6) is 5.75 Å². The monoisotopic (exact) mass is 258 g/mol. The number of rotatable bonds is 4. The summed E-state index contributed by atoms with van der Waals surface area (Å²) in [4.78, 5) is 14.4. The summed E-state index contributed by atoms with van der Waals surface area (Å²) < 4.78 is 5.17. The maximum atomic E-state index is 12.0. The highest BCUT2D eigenvalue weighted by atomic mass is 32.1. The smallest absolute Gasteiger partial charge is 0.189 e. The molecule has 0 saturated carbocycles. The Labute approximate surface area is 111 Å². The second kappa shape index (κ2) is 5.65. The summed E-state index contributed by atoms with van der Waals surface area (Å²) in [6.07, 6.45) is 3.43. The van der Waals surface area contributed by atoms with Gasteiger partial charge in [-0.3, -0.25) is 4.79 Å². The summed E-state index contributed by atoms with van der Waals surface area (Å²) in [6.45, 7) is 2.05. The number of benzene rings is 1. The highest BCUT2D eigenvalue weighted by Gasteiger charge is 2.07. The SMILES string of the molecule is COc1ccccc1C(=O)/C=C/c1ccc(C)s1. The van der Waals surface area contributed by atoms with Crippen LogP contribution in [0.1, 0.15) is 20.1 Å². The molecule has 0 N–H and O–H groups in total. The Hall–Kier alpha value is -1.87. The maximum absolute atomic E-state index is 12.0. The quantitative estimate of drug-likeness (QED) is 0.613. The van der Waals surface area contributed by atoms with Crippen LogP contribution < -0.4 is 4.74 Å². The zero-order valence-corrected chi connectivity index (χ0v) is 11.2. The normalized spacial score (nSPS) is 10.8. The number of thiophene rings is 1. The van der Waals surface area contributed by atoms with E-state index in [-0.39, 0.29) is 5.78 Å². The summed E-state index contributed by atoms with van der Waals surface area (Å²) in [5.41, 5.74) is 0.588. The Morgan fingerprint density at radius 2 is 2.00 bits per heavy atom. The second-order valence-electron chi connectivity index (χ2n) is 3.85. The molecule has 0 aliphatic carbocycles. The summed E-state index contributed by atoms with van der Waals surface area (Å²) in [6, 6.07) is 11.3. The third kappa shape index (κ3) is 2.87. The van der Waals surface area contributed by atoms with Crippen LogP contribution >= 0.6 is 11.3 Å². The van der Waals surface area contributed by atoms with E-state index >= 15 is 0 Å². The fourth-order valence-corrected chi connectivity index (χ4v) is 2.42. The van der Waals surface area contributed by atoms with Crippen molar-refractivity contribution < 1.29 is 9.53 Å². The van der Waals surface area contributed by atoms with Gasteiger partial charge in [-0.05, 0) is 43.3 Å². The van der Waals surface area contributed by atoms with Crippen LogP contribution in [0.4, 0.5) is 0 Å². The van der Waals surface area contributed by atoms with Gasteiger partial charge in [-0.15, -0.1) is 11.3 Å². The molecule has 0 saturated heterocycles. The number of allylic oxidation sites excluding steroid dienone is 1. The van der Waals surface area contributed by atoms with Crippen molar-refractivity contribution in [2.75, 3.05) is 7.11 Å². The highest BCUT2D eigenvalue weighted by Crippen LogP contribution is 2.20. The molecule has 0 aliphatic rings. The molecule has 0 bridgehead atoms. The zero-order valence-electron chi connectivity index (χ0n) is 10.3. The molecule has 0 aliphatic heterocycles. The van der Waals surface area contributed by atoms with Gasteiger partial charge < -0.3 is 4.74 Å². The number of methoxy groups -OCH3 is 1. The van der Waals surface area contributed by atoms with Gasteiger partial charge >= 0.3 is 0 Å². The minimum absolute atomic E-state index is 0.0431. The molecule has 2 aromatic rings. The highest BCUT2D eigenvalue weighted by molar-refractivity contribution is 7.12. The van der Waals surface area contributed by atoms with Crippen LogP contribution in [-0.2, 0) is 0 Å². The fourth-order valence-electron chi connectivity index (χ4n) is 1.64. The lowest BCUT2D eigenvalue weighted by Gasteiger charge is -2.03. The van der Waals surface area contributed by atoms with Gasteiger partial charge in [0.1, 0.15) is 5.75 Å². The molecule has 2 nitrogen and oxygen atoms in total. The van der Waals surface area contributed by atoms with Crippen molar-refractivity contribution in [1.82, 2.24) is 0 Å². The van der Waals surface area contributed by atoms with Crippen LogP contribution in [0.3, 0.4) is 0 Å².